The molecule has 3 aromatic rings. The van der Waals surface area contributed by atoms with Gasteiger partial charge in [-0.05, 0) is 48.6 Å². The molecule has 1 aliphatic carbocycles. The van der Waals surface area contributed by atoms with Gasteiger partial charge in [0.05, 0.1) is 4.88 Å². The van der Waals surface area contributed by atoms with Crippen LogP contribution in [-0.4, -0.2) is 22.8 Å². The van der Waals surface area contributed by atoms with E-state index in [1.54, 1.807) is 53.4 Å². The maximum absolute atomic E-state index is 14.1. The van der Waals surface area contributed by atoms with Crippen molar-refractivity contribution in [2.75, 3.05) is 5.32 Å². The standard InChI is InChI=1S/C22H19FN2O2S/c23-19-8-2-1-5-16(19)14-25(18-10-11-18)22(27)15-6-3-7-17(13-15)24-21(26)20-9-4-12-28-20/h1-9,12-13,18H,10-11,14H2,(H,24,26). The highest BCUT2D eigenvalue weighted by Gasteiger charge is 2.33. The third-order valence-corrected chi connectivity index (χ3v) is 5.53. The number of hydrogen-bond acceptors (Lipinski definition) is 3. The molecule has 6 heteroatoms. The average molecular weight is 394 g/mol. The van der Waals surface area contributed by atoms with Crippen molar-refractivity contribution in [3.05, 3.63) is 87.9 Å². The van der Waals surface area contributed by atoms with Crippen molar-refractivity contribution in [2.45, 2.75) is 25.4 Å². The van der Waals surface area contributed by atoms with Gasteiger partial charge in [-0.1, -0.05) is 30.3 Å². The number of rotatable bonds is 6. The van der Waals surface area contributed by atoms with Crippen LogP contribution in [0, 0.1) is 5.82 Å². The van der Waals surface area contributed by atoms with Crippen molar-refractivity contribution in [3.8, 4) is 0 Å². The van der Waals surface area contributed by atoms with E-state index in [4.69, 9.17) is 0 Å². The van der Waals surface area contributed by atoms with E-state index >= 15 is 0 Å². The zero-order valence-electron chi connectivity index (χ0n) is 15.1. The summed E-state index contributed by atoms with van der Waals surface area (Å²) in [5.41, 5.74) is 1.54. The first-order valence-corrected chi connectivity index (χ1v) is 9.99. The smallest absolute Gasteiger partial charge is 0.265 e. The molecular formula is C22H19FN2O2S. The summed E-state index contributed by atoms with van der Waals surface area (Å²) in [6.45, 7) is 0.238. The van der Waals surface area contributed by atoms with E-state index in [2.05, 4.69) is 5.32 Å². The van der Waals surface area contributed by atoms with Gasteiger partial charge in [-0.15, -0.1) is 11.3 Å². The summed E-state index contributed by atoms with van der Waals surface area (Å²) in [6.07, 6.45) is 1.85. The molecule has 1 heterocycles. The van der Waals surface area contributed by atoms with E-state index in [1.807, 2.05) is 11.4 Å². The number of thiophene rings is 1. The molecule has 0 saturated heterocycles. The van der Waals surface area contributed by atoms with Crippen LogP contribution in [0.5, 0.6) is 0 Å². The Bertz CT molecular complexity index is 999. The molecule has 0 unspecified atom stereocenters. The summed E-state index contributed by atoms with van der Waals surface area (Å²) in [6, 6.07) is 17.1. The lowest BCUT2D eigenvalue weighted by Gasteiger charge is -2.23. The van der Waals surface area contributed by atoms with Gasteiger partial charge in [0.2, 0.25) is 0 Å². The predicted molar refractivity (Wildman–Crippen MR) is 108 cm³/mol. The quantitative estimate of drug-likeness (QED) is 0.643. The highest BCUT2D eigenvalue weighted by atomic mass is 32.1. The minimum absolute atomic E-state index is 0.136. The summed E-state index contributed by atoms with van der Waals surface area (Å²) in [5.74, 6) is -0.666. The van der Waals surface area contributed by atoms with Gasteiger partial charge in [0.1, 0.15) is 5.82 Å². The number of nitrogens with zero attached hydrogens (tertiary/aromatic N) is 1. The largest absolute Gasteiger partial charge is 0.331 e. The first kappa shape index (κ1) is 18.4. The number of amides is 2. The van der Waals surface area contributed by atoms with Crippen molar-refractivity contribution >= 4 is 28.8 Å². The molecule has 1 aromatic heterocycles. The topological polar surface area (TPSA) is 49.4 Å². The molecule has 1 aliphatic rings. The van der Waals surface area contributed by atoms with E-state index in [0.717, 1.165) is 12.8 Å². The fourth-order valence-electron chi connectivity index (χ4n) is 3.06. The molecule has 2 aromatic carbocycles. The van der Waals surface area contributed by atoms with Crippen LogP contribution in [0.2, 0.25) is 0 Å². The SMILES string of the molecule is O=C(Nc1cccc(C(=O)N(Cc2ccccc2F)C2CC2)c1)c1cccs1. The number of nitrogens with one attached hydrogen (secondary N) is 1. The van der Waals surface area contributed by atoms with Gasteiger partial charge in [-0.3, -0.25) is 9.59 Å². The highest BCUT2D eigenvalue weighted by molar-refractivity contribution is 7.12. The molecule has 4 nitrogen and oxygen atoms in total. The van der Waals surface area contributed by atoms with E-state index < -0.39 is 0 Å². The fourth-order valence-corrected chi connectivity index (χ4v) is 3.68. The molecule has 1 saturated carbocycles. The Morgan fingerprint density at radius 1 is 1.07 bits per heavy atom. The zero-order valence-corrected chi connectivity index (χ0v) is 15.9. The lowest BCUT2D eigenvalue weighted by Crippen LogP contribution is -2.33. The molecular weight excluding hydrogens is 375 g/mol. The summed E-state index contributed by atoms with van der Waals surface area (Å²) in [5, 5.41) is 4.66. The number of carbonyl (C=O) groups is 2. The number of hydrogen-bond donors (Lipinski definition) is 1. The Labute approximate surface area is 166 Å². The van der Waals surface area contributed by atoms with Gasteiger partial charge < -0.3 is 10.2 Å². The molecule has 0 aliphatic heterocycles. The van der Waals surface area contributed by atoms with E-state index in [9.17, 15) is 14.0 Å². The van der Waals surface area contributed by atoms with Crippen LogP contribution in [0.1, 0.15) is 38.4 Å². The highest BCUT2D eigenvalue weighted by Crippen LogP contribution is 2.30. The summed E-state index contributed by atoms with van der Waals surface area (Å²) in [7, 11) is 0. The Kier molecular flexibility index (Phi) is 5.21. The third-order valence-electron chi connectivity index (χ3n) is 4.66. The van der Waals surface area contributed by atoms with Gasteiger partial charge in [0.15, 0.2) is 0 Å². The summed E-state index contributed by atoms with van der Waals surface area (Å²) in [4.78, 5) is 27.7. The van der Waals surface area contributed by atoms with E-state index in [-0.39, 0.29) is 30.2 Å². The van der Waals surface area contributed by atoms with Crippen molar-refractivity contribution in [3.63, 3.8) is 0 Å². The number of carbonyl (C=O) groups excluding carboxylic acids is 2. The molecule has 0 atom stereocenters. The van der Waals surface area contributed by atoms with Crippen molar-refractivity contribution in [2.24, 2.45) is 0 Å². The lowest BCUT2D eigenvalue weighted by atomic mass is 10.1. The number of halogens is 1. The molecule has 2 amide bonds. The zero-order chi connectivity index (χ0) is 19.5. The molecule has 142 valence electrons. The normalized spacial score (nSPS) is 13.2. The molecule has 1 fully saturated rings. The van der Waals surface area contributed by atoms with Gasteiger partial charge in [0.25, 0.3) is 11.8 Å². The molecule has 28 heavy (non-hydrogen) atoms. The molecule has 4 rings (SSSR count). The van der Waals surface area contributed by atoms with Crippen LogP contribution in [0.15, 0.2) is 66.0 Å². The second kappa shape index (κ2) is 7.94. The third kappa shape index (κ3) is 4.12. The van der Waals surface area contributed by atoms with Gasteiger partial charge >= 0.3 is 0 Å². The van der Waals surface area contributed by atoms with Crippen LogP contribution in [0.3, 0.4) is 0 Å². The minimum Gasteiger partial charge on any atom is -0.331 e. The first-order valence-electron chi connectivity index (χ1n) is 9.11. The Balaban J connectivity index is 1.53. The summed E-state index contributed by atoms with van der Waals surface area (Å²) >= 11 is 1.36. The van der Waals surface area contributed by atoms with Gasteiger partial charge in [-0.2, -0.15) is 0 Å². The molecule has 0 spiro atoms. The van der Waals surface area contributed by atoms with Crippen molar-refractivity contribution < 1.29 is 14.0 Å². The summed E-state index contributed by atoms with van der Waals surface area (Å²) < 4.78 is 14.1. The monoisotopic (exact) mass is 394 g/mol. The number of anilines is 1. The first-order chi connectivity index (χ1) is 13.6. The Morgan fingerprint density at radius 3 is 2.61 bits per heavy atom. The second-order valence-corrected chi connectivity index (χ2v) is 7.72. The maximum Gasteiger partial charge on any atom is 0.265 e. The lowest BCUT2D eigenvalue weighted by molar-refractivity contribution is 0.0728. The average Bonchev–Trinajstić information content (AvgIpc) is 3.39. The minimum atomic E-state index is -0.307. The van der Waals surface area contributed by atoms with Crippen LogP contribution in [-0.2, 0) is 6.54 Å². The van der Waals surface area contributed by atoms with Crippen LogP contribution in [0.25, 0.3) is 0 Å². The number of benzene rings is 2. The molecule has 0 radical (unpaired) electrons. The van der Waals surface area contributed by atoms with E-state index in [1.165, 1.54) is 17.4 Å². The Morgan fingerprint density at radius 2 is 1.89 bits per heavy atom. The predicted octanol–water partition coefficient (Wildman–Crippen LogP) is 4.94. The van der Waals surface area contributed by atoms with Crippen LogP contribution >= 0.6 is 11.3 Å². The Hall–Kier alpha value is -2.99. The van der Waals surface area contributed by atoms with Crippen molar-refractivity contribution in [1.82, 2.24) is 4.90 Å². The van der Waals surface area contributed by atoms with Crippen LogP contribution in [0.4, 0.5) is 10.1 Å². The van der Waals surface area contributed by atoms with Gasteiger partial charge in [-0.25, -0.2) is 4.39 Å². The molecule has 0 bridgehead atoms. The second-order valence-electron chi connectivity index (χ2n) is 6.77. The molecule has 1 N–H and O–H groups in total. The van der Waals surface area contributed by atoms with Crippen LogP contribution < -0.4 is 5.32 Å². The van der Waals surface area contributed by atoms with E-state index in [0.29, 0.717) is 21.7 Å². The maximum atomic E-state index is 14.1. The van der Waals surface area contributed by atoms with Gasteiger partial charge in [0, 0.05) is 29.4 Å². The van der Waals surface area contributed by atoms with Crippen molar-refractivity contribution in [1.29, 1.82) is 0 Å². The fraction of sp³-hybridized carbons (Fsp3) is 0.182.